The Kier molecular flexibility index (Phi) is 6.88. The van der Waals surface area contributed by atoms with Gasteiger partial charge in [-0.3, -0.25) is 4.79 Å². The SMILES string of the molecule is Cc1ccc(-c2csc(N(CC(=O)NC(C)c3ccccc3)c3ccccc3Cl)n2)cc1. The van der Waals surface area contributed by atoms with E-state index in [4.69, 9.17) is 16.6 Å². The number of halogens is 1. The Morgan fingerprint density at radius 2 is 1.72 bits per heavy atom. The highest BCUT2D eigenvalue weighted by molar-refractivity contribution is 7.14. The lowest BCUT2D eigenvalue weighted by molar-refractivity contribution is -0.120. The van der Waals surface area contributed by atoms with E-state index in [2.05, 4.69) is 36.5 Å². The average molecular weight is 462 g/mol. The van der Waals surface area contributed by atoms with Crippen molar-refractivity contribution in [3.63, 3.8) is 0 Å². The number of carbonyl (C=O) groups is 1. The molecule has 0 saturated carbocycles. The Bertz CT molecular complexity index is 1190. The maximum Gasteiger partial charge on any atom is 0.240 e. The Labute approximate surface area is 197 Å². The number of rotatable bonds is 7. The van der Waals surface area contributed by atoms with Gasteiger partial charge in [0.05, 0.1) is 22.4 Å². The van der Waals surface area contributed by atoms with E-state index in [1.165, 1.54) is 16.9 Å². The predicted octanol–water partition coefficient (Wildman–Crippen LogP) is 6.79. The summed E-state index contributed by atoms with van der Waals surface area (Å²) in [6.07, 6.45) is 0. The molecular weight excluding hydrogens is 438 g/mol. The van der Waals surface area contributed by atoms with Crippen LogP contribution in [-0.4, -0.2) is 17.4 Å². The standard InChI is InChI=1S/C26H24ClN3OS/c1-18-12-14-21(15-13-18)23-17-32-26(29-23)30(24-11-7-6-10-22(24)27)16-25(31)28-19(2)20-8-4-3-5-9-20/h3-15,17,19H,16H2,1-2H3,(H,28,31). The molecule has 1 aromatic heterocycles. The van der Waals surface area contributed by atoms with E-state index < -0.39 is 0 Å². The molecule has 0 bridgehead atoms. The summed E-state index contributed by atoms with van der Waals surface area (Å²) in [5.41, 5.74) is 4.92. The van der Waals surface area contributed by atoms with Crippen LogP contribution in [0.4, 0.5) is 10.8 Å². The zero-order valence-electron chi connectivity index (χ0n) is 18.0. The van der Waals surface area contributed by atoms with E-state index in [1.807, 2.05) is 71.8 Å². The average Bonchev–Trinajstić information content (AvgIpc) is 3.29. The van der Waals surface area contributed by atoms with Crippen molar-refractivity contribution in [2.75, 3.05) is 11.4 Å². The molecule has 3 aromatic carbocycles. The Hall–Kier alpha value is -3.15. The van der Waals surface area contributed by atoms with E-state index in [0.29, 0.717) is 5.02 Å². The third kappa shape index (κ3) is 5.18. The number of para-hydroxylation sites is 1. The molecular formula is C26H24ClN3OS. The largest absolute Gasteiger partial charge is 0.348 e. The maximum absolute atomic E-state index is 13.0. The topological polar surface area (TPSA) is 45.2 Å². The normalized spacial score (nSPS) is 11.7. The van der Waals surface area contributed by atoms with Gasteiger partial charge in [-0.1, -0.05) is 83.9 Å². The molecule has 162 valence electrons. The smallest absolute Gasteiger partial charge is 0.240 e. The van der Waals surface area contributed by atoms with Crippen molar-refractivity contribution in [2.24, 2.45) is 0 Å². The summed E-state index contributed by atoms with van der Waals surface area (Å²) >= 11 is 7.99. The molecule has 0 aliphatic heterocycles. The summed E-state index contributed by atoms with van der Waals surface area (Å²) in [5, 5.41) is 6.38. The maximum atomic E-state index is 13.0. The number of benzene rings is 3. The van der Waals surface area contributed by atoms with Crippen molar-refractivity contribution < 1.29 is 4.79 Å². The van der Waals surface area contributed by atoms with Crippen molar-refractivity contribution in [2.45, 2.75) is 19.9 Å². The van der Waals surface area contributed by atoms with Crippen molar-refractivity contribution >= 4 is 39.7 Å². The van der Waals surface area contributed by atoms with Gasteiger partial charge in [0.25, 0.3) is 0 Å². The van der Waals surface area contributed by atoms with Crippen LogP contribution in [-0.2, 0) is 4.79 Å². The summed E-state index contributed by atoms with van der Waals surface area (Å²) in [5.74, 6) is -0.103. The van der Waals surface area contributed by atoms with Gasteiger partial charge in [-0.15, -0.1) is 11.3 Å². The van der Waals surface area contributed by atoms with Crippen LogP contribution in [0.25, 0.3) is 11.3 Å². The fourth-order valence-electron chi connectivity index (χ4n) is 3.43. The quantitative estimate of drug-likeness (QED) is 0.329. The summed E-state index contributed by atoms with van der Waals surface area (Å²) < 4.78 is 0. The van der Waals surface area contributed by atoms with Gasteiger partial charge in [0, 0.05) is 10.9 Å². The van der Waals surface area contributed by atoms with Crippen LogP contribution in [0.3, 0.4) is 0 Å². The minimum absolute atomic E-state index is 0.101. The summed E-state index contributed by atoms with van der Waals surface area (Å²) in [4.78, 5) is 19.7. The lowest BCUT2D eigenvalue weighted by atomic mass is 10.1. The van der Waals surface area contributed by atoms with E-state index >= 15 is 0 Å². The van der Waals surface area contributed by atoms with Crippen molar-refractivity contribution in [1.29, 1.82) is 0 Å². The zero-order valence-corrected chi connectivity index (χ0v) is 19.5. The molecule has 1 N–H and O–H groups in total. The molecule has 1 atom stereocenters. The lowest BCUT2D eigenvalue weighted by Gasteiger charge is -2.24. The first-order valence-electron chi connectivity index (χ1n) is 10.4. The number of hydrogen-bond acceptors (Lipinski definition) is 4. The summed E-state index contributed by atoms with van der Waals surface area (Å²) in [6.45, 7) is 4.15. The van der Waals surface area contributed by atoms with Crippen LogP contribution >= 0.6 is 22.9 Å². The lowest BCUT2D eigenvalue weighted by Crippen LogP contribution is -2.36. The number of nitrogens with zero attached hydrogens (tertiary/aromatic N) is 2. The van der Waals surface area contributed by atoms with E-state index in [1.54, 1.807) is 0 Å². The van der Waals surface area contributed by atoms with Crippen LogP contribution in [0, 0.1) is 6.92 Å². The van der Waals surface area contributed by atoms with Crippen LogP contribution in [0.1, 0.15) is 24.1 Å². The molecule has 1 unspecified atom stereocenters. The van der Waals surface area contributed by atoms with E-state index in [-0.39, 0.29) is 18.5 Å². The fourth-order valence-corrected chi connectivity index (χ4v) is 4.51. The molecule has 4 aromatic rings. The van der Waals surface area contributed by atoms with Gasteiger partial charge in [0.15, 0.2) is 5.13 Å². The summed E-state index contributed by atoms with van der Waals surface area (Å²) in [6, 6.07) is 25.6. The number of aromatic nitrogens is 1. The highest BCUT2D eigenvalue weighted by atomic mass is 35.5. The van der Waals surface area contributed by atoms with Crippen molar-refractivity contribution in [1.82, 2.24) is 10.3 Å². The molecule has 0 radical (unpaired) electrons. The third-order valence-corrected chi connectivity index (χ3v) is 6.38. The zero-order chi connectivity index (χ0) is 22.5. The predicted molar refractivity (Wildman–Crippen MR) is 134 cm³/mol. The van der Waals surface area contributed by atoms with Gasteiger partial charge in [-0.25, -0.2) is 4.98 Å². The number of thiazole rings is 1. The van der Waals surface area contributed by atoms with Gasteiger partial charge < -0.3 is 10.2 Å². The van der Waals surface area contributed by atoms with Crippen molar-refractivity contribution in [3.05, 3.63) is 100 Å². The molecule has 6 heteroatoms. The number of carbonyl (C=O) groups excluding carboxylic acids is 1. The number of aryl methyl sites for hydroxylation is 1. The summed E-state index contributed by atoms with van der Waals surface area (Å²) in [7, 11) is 0. The second kappa shape index (κ2) is 9.98. The highest BCUT2D eigenvalue weighted by Crippen LogP contribution is 2.35. The third-order valence-electron chi connectivity index (χ3n) is 5.19. The molecule has 0 saturated heterocycles. The minimum Gasteiger partial charge on any atom is -0.348 e. The van der Waals surface area contributed by atoms with Crippen LogP contribution in [0.2, 0.25) is 5.02 Å². The monoisotopic (exact) mass is 461 g/mol. The van der Waals surface area contributed by atoms with Gasteiger partial charge in [0.1, 0.15) is 6.54 Å². The Morgan fingerprint density at radius 1 is 1.03 bits per heavy atom. The van der Waals surface area contributed by atoms with Gasteiger partial charge in [-0.2, -0.15) is 0 Å². The molecule has 0 aliphatic carbocycles. The number of nitrogens with one attached hydrogen (secondary N) is 1. The first kappa shape index (κ1) is 22.1. The molecule has 0 aliphatic rings. The second-order valence-corrected chi connectivity index (χ2v) is 8.86. The van der Waals surface area contributed by atoms with Crippen LogP contribution < -0.4 is 10.2 Å². The molecule has 32 heavy (non-hydrogen) atoms. The van der Waals surface area contributed by atoms with Crippen LogP contribution in [0.5, 0.6) is 0 Å². The molecule has 1 heterocycles. The van der Waals surface area contributed by atoms with E-state index in [9.17, 15) is 4.79 Å². The molecule has 4 nitrogen and oxygen atoms in total. The van der Waals surface area contributed by atoms with Crippen LogP contribution in [0.15, 0.2) is 84.2 Å². The van der Waals surface area contributed by atoms with E-state index in [0.717, 1.165) is 27.6 Å². The van der Waals surface area contributed by atoms with Gasteiger partial charge >= 0.3 is 0 Å². The number of amides is 1. The molecule has 4 rings (SSSR count). The van der Waals surface area contributed by atoms with Gasteiger partial charge in [0.2, 0.25) is 5.91 Å². The first-order valence-corrected chi connectivity index (χ1v) is 11.7. The fraction of sp³-hybridized carbons (Fsp3) is 0.154. The second-order valence-electron chi connectivity index (χ2n) is 7.62. The molecule has 0 fully saturated rings. The minimum atomic E-state index is -0.103. The molecule has 0 spiro atoms. The Balaban J connectivity index is 1.59. The number of anilines is 2. The van der Waals surface area contributed by atoms with Crippen molar-refractivity contribution in [3.8, 4) is 11.3 Å². The highest BCUT2D eigenvalue weighted by Gasteiger charge is 2.21. The molecule has 1 amide bonds. The number of hydrogen-bond donors (Lipinski definition) is 1. The van der Waals surface area contributed by atoms with Gasteiger partial charge in [-0.05, 0) is 31.5 Å². The Morgan fingerprint density at radius 3 is 2.44 bits per heavy atom. The first-order chi connectivity index (χ1) is 15.5.